The van der Waals surface area contributed by atoms with Gasteiger partial charge in [0.1, 0.15) is 17.9 Å². The van der Waals surface area contributed by atoms with Gasteiger partial charge in [0.25, 0.3) is 5.91 Å². The summed E-state index contributed by atoms with van der Waals surface area (Å²) < 4.78 is 12.3. The lowest BCUT2D eigenvalue weighted by atomic mass is 9.99. The minimum absolute atomic E-state index is 0.124. The molecular formula is C31H40N4O6. The maximum Gasteiger partial charge on any atom is 0.322 e. The number of anilines is 1. The smallest absolute Gasteiger partial charge is 0.322 e. The Hall–Kier alpha value is -3.63. The van der Waals surface area contributed by atoms with E-state index in [1.807, 2.05) is 37.3 Å². The topological polar surface area (TPSA) is 129 Å². The maximum atomic E-state index is 13.5. The van der Waals surface area contributed by atoms with Gasteiger partial charge in [0.05, 0.1) is 24.4 Å². The minimum Gasteiger partial charge on any atom is -0.493 e. The van der Waals surface area contributed by atoms with Crippen molar-refractivity contribution >= 4 is 23.5 Å². The third kappa shape index (κ3) is 6.82. The number of fused-ring (bicyclic) bond motifs is 5. The first-order valence-corrected chi connectivity index (χ1v) is 14.5. The monoisotopic (exact) mass is 564 g/mol. The Morgan fingerprint density at radius 2 is 1.95 bits per heavy atom. The number of aliphatic hydroxyl groups is 1. The Morgan fingerprint density at radius 3 is 2.73 bits per heavy atom. The summed E-state index contributed by atoms with van der Waals surface area (Å²) in [6.07, 6.45) is 0.655. The molecule has 0 unspecified atom stereocenters. The molecule has 3 aliphatic rings. The third-order valence-corrected chi connectivity index (χ3v) is 8.14. The van der Waals surface area contributed by atoms with Crippen molar-refractivity contribution in [2.75, 3.05) is 25.0 Å². The molecular weight excluding hydrogens is 524 g/mol. The molecule has 0 aliphatic carbocycles. The van der Waals surface area contributed by atoms with E-state index in [1.54, 1.807) is 12.1 Å². The first-order chi connectivity index (χ1) is 19.7. The van der Waals surface area contributed by atoms with E-state index in [-0.39, 0.29) is 43.3 Å². The van der Waals surface area contributed by atoms with Gasteiger partial charge in [-0.2, -0.15) is 0 Å². The van der Waals surface area contributed by atoms with Crippen LogP contribution in [0.2, 0.25) is 0 Å². The zero-order chi connectivity index (χ0) is 29.1. The molecule has 2 aromatic rings. The number of hydrogen-bond donors (Lipinski definition) is 4. The zero-order valence-electron chi connectivity index (χ0n) is 23.9. The lowest BCUT2D eigenvalue weighted by Gasteiger charge is -2.34. The van der Waals surface area contributed by atoms with E-state index in [2.05, 4.69) is 29.8 Å². The summed E-state index contributed by atoms with van der Waals surface area (Å²) in [5, 5.41) is 19.4. The number of nitrogens with zero attached hydrogens (tertiary/aromatic N) is 1. The van der Waals surface area contributed by atoms with Crippen LogP contribution in [0.5, 0.6) is 5.75 Å². The Labute approximate surface area is 240 Å². The molecule has 4 N–H and O–H groups in total. The van der Waals surface area contributed by atoms with Crippen LogP contribution in [0.3, 0.4) is 0 Å². The average Bonchev–Trinajstić information content (AvgIpc) is 3.36. The largest absolute Gasteiger partial charge is 0.493 e. The second-order valence-corrected chi connectivity index (χ2v) is 11.6. The fourth-order valence-electron chi connectivity index (χ4n) is 5.76. The van der Waals surface area contributed by atoms with E-state index in [1.165, 1.54) is 4.90 Å². The number of hydrogen-bond acceptors (Lipinski definition) is 6. The quantitative estimate of drug-likeness (QED) is 0.443. The molecule has 0 radical (unpaired) electrons. The maximum absolute atomic E-state index is 13.5. The molecule has 5 atom stereocenters. The summed E-state index contributed by atoms with van der Waals surface area (Å²) in [4.78, 5) is 41.8. The van der Waals surface area contributed by atoms with E-state index in [0.717, 1.165) is 11.1 Å². The molecule has 3 aliphatic heterocycles. The van der Waals surface area contributed by atoms with Gasteiger partial charge in [0, 0.05) is 31.2 Å². The standard InChI is InChI=1S/C31H40N4O6/c1-18(2)20-7-9-24-27(14-20)40-12-11-23-8-10-26(36)28(41-23)16-32-30(38)25-15-22(33-29(24)37)17-35(25)31(39)34-21-6-4-5-19(3)13-21/h4-7,9,13-14,18,22-23,25-26,28,36H,8,10-12,15-17H2,1-3H3,(H,32,38)(H,33,37)(H,34,39)/t22-,23-,25-,26-,28+/m0/s1. The number of rotatable bonds is 2. The molecule has 4 bridgehead atoms. The number of amides is 4. The lowest BCUT2D eigenvalue weighted by Crippen LogP contribution is -2.51. The molecule has 3 heterocycles. The van der Waals surface area contributed by atoms with Crippen LogP contribution in [0.15, 0.2) is 42.5 Å². The van der Waals surface area contributed by atoms with E-state index >= 15 is 0 Å². The Kier molecular flexibility index (Phi) is 8.79. The van der Waals surface area contributed by atoms with Gasteiger partial charge in [-0.1, -0.05) is 32.0 Å². The highest BCUT2D eigenvalue weighted by Gasteiger charge is 2.41. The van der Waals surface area contributed by atoms with Gasteiger partial charge < -0.3 is 35.4 Å². The molecule has 220 valence electrons. The molecule has 5 rings (SSSR count). The number of carbonyl (C=O) groups is 3. The predicted molar refractivity (Wildman–Crippen MR) is 154 cm³/mol. The second-order valence-electron chi connectivity index (χ2n) is 11.6. The van der Waals surface area contributed by atoms with Gasteiger partial charge in [0.15, 0.2) is 0 Å². The number of urea groups is 1. The van der Waals surface area contributed by atoms with Gasteiger partial charge in [0.2, 0.25) is 5.91 Å². The second kappa shape index (κ2) is 12.5. The number of aryl methyl sites for hydroxylation is 1. The molecule has 0 aromatic heterocycles. The van der Waals surface area contributed by atoms with E-state index in [0.29, 0.717) is 42.9 Å². The molecule has 10 nitrogen and oxygen atoms in total. The number of ether oxygens (including phenoxy) is 2. The van der Waals surface area contributed by atoms with Crippen molar-refractivity contribution in [2.24, 2.45) is 0 Å². The highest BCUT2D eigenvalue weighted by molar-refractivity contribution is 5.98. The summed E-state index contributed by atoms with van der Waals surface area (Å²) in [5.74, 6) is 0.0846. The fourth-order valence-corrected chi connectivity index (χ4v) is 5.76. The first kappa shape index (κ1) is 28.9. The Morgan fingerprint density at radius 1 is 1.12 bits per heavy atom. The van der Waals surface area contributed by atoms with Crippen molar-refractivity contribution in [2.45, 2.75) is 82.8 Å². The number of likely N-dealkylation sites (tertiary alicyclic amines) is 1. The first-order valence-electron chi connectivity index (χ1n) is 14.5. The van der Waals surface area contributed by atoms with Crippen molar-refractivity contribution < 1.29 is 29.0 Å². The highest BCUT2D eigenvalue weighted by Crippen LogP contribution is 2.28. The predicted octanol–water partition coefficient (Wildman–Crippen LogP) is 3.33. The lowest BCUT2D eigenvalue weighted by molar-refractivity contribution is -0.133. The molecule has 2 fully saturated rings. The van der Waals surface area contributed by atoms with E-state index < -0.39 is 30.3 Å². The number of aliphatic hydroxyl groups excluding tert-OH is 1. The van der Waals surface area contributed by atoms with Crippen LogP contribution in [0.4, 0.5) is 10.5 Å². The number of benzene rings is 2. The van der Waals surface area contributed by atoms with Crippen LogP contribution >= 0.6 is 0 Å². The highest BCUT2D eigenvalue weighted by atomic mass is 16.5. The van der Waals surface area contributed by atoms with Crippen LogP contribution in [0.1, 0.15) is 66.9 Å². The summed E-state index contributed by atoms with van der Waals surface area (Å²) in [7, 11) is 0. The van der Waals surface area contributed by atoms with Crippen molar-refractivity contribution in [3.8, 4) is 5.75 Å². The van der Waals surface area contributed by atoms with Crippen molar-refractivity contribution in [1.82, 2.24) is 15.5 Å². The van der Waals surface area contributed by atoms with Gasteiger partial charge in [-0.25, -0.2) is 4.79 Å². The van der Waals surface area contributed by atoms with Gasteiger partial charge in [-0.3, -0.25) is 9.59 Å². The van der Waals surface area contributed by atoms with E-state index in [4.69, 9.17) is 9.47 Å². The number of carbonyl (C=O) groups excluding carboxylic acids is 3. The Bertz CT molecular complexity index is 1280. The van der Waals surface area contributed by atoms with Gasteiger partial charge in [-0.15, -0.1) is 0 Å². The van der Waals surface area contributed by atoms with E-state index in [9.17, 15) is 19.5 Å². The summed E-state index contributed by atoms with van der Waals surface area (Å²) in [6.45, 7) is 6.73. The summed E-state index contributed by atoms with van der Waals surface area (Å²) >= 11 is 0. The van der Waals surface area contributed by atoms with Crippen molar-refractivity contribution in [1.29, 1.82) is 0 Å². The normalized spacial score (nSPS) is 27.0. The van der Waals surface area contributed by atoms with Crippen molar-refractivity contribution in [3.63, 3.8) is 0 Å². The molecule has 41 heavy (non-hydrogen) atoms. The fraction of sp³-hybridized carbons (Fsp3) is 0.516. The molecule has 0 saturated carbocycles. The molecule has 2 saturated heterocycles. The zero-order valence-corrected chi connectivity index (χ0v) is 23.9. The van der Waals surface area contributed by atoms with Crippen LogP contribution in [0, 0.1) is 6.92 Å². The van der Waals surface area contributed by atoms with Crippen molar-refractivity contribution in [3.05, 3.63) is 59.2 Å². The minimum atomic E-state index is -0.811. The summed E-state index contributed by atoms with van der Waals surface area (Å²) in [6, 6.07) is 11.3. The van der Waals surface area contributed by atoms with Crippen LogP contribution in [-0.4, -0.2) is 77.9 Å². The molecule has 2 aromatic carbocycles. The van der Waals surface area contributed by atoms with Crippen LogP contribution in [-0.2, 0) is 9.53 Å². The van der Waals surface area contributed by atoms with Crippen LogP contribution < -0.4 is 20.7 Å². The molecule has 4 amide bonds. The average molecular weight is 565 g/mol. The van der Waals surface area contributed by atoms with Crippen LogP contribution in [0.25, 0.3) is 0 Å². The summed E-state index contributed by atoms with van der Waals surface area (Å²) in [5.41, 5.74) is 3.08. The van der Waals surface area contributed by atoms with Gasteiger partial charge >= 0.3 is 6.03 Å². The number of nitrogens with one attached hydrogen (secondary N) is 3. The van der Waals surface area contributed by atoms with Gasteiger partial charge in [-0.05, 0) is 67.5 Å². The molecule has 0 spiro atoms. The molecule has 10 heteroatoms. The third-order valence-electron chi connectivity index (χ3n) is 8.14. The Balaban J connectivity index is 1.42. The SMILES string of the molecule is Cc1cccc(NC(=O)N2C[C@@H]3C[C@H]2C(=O)NC[C@H]2O[C@H](CCOc4cc(C(C)C)ccc4C(=O)N3)CC[C@@H]2O)c1.